The summed E-state index contributed by atoms with van der Waals surface area (Å²) in [4.78, 5) is 10.5. The smallest absolute Gasteiger partial charge is 0.162 e. The molecule has 4 nitrogen and oxygen atoms in total. The third-order valence-electron chi connectivity index (χ3n) is 2.03. The second-order valence-corrected chi connectivity index (χ2v) is 3.06. The topological polar surface area (TPSA) is 55.8 Å². The highest BCUT2D eigenvalue weighted by molar-refractivity contribution is 5.76. The number of hydrogen-bond donors (Lipinski definition) is 1. The summed E-state index contributed by atoms with van der Waals surface area (Å²) in [7, 11) is 0. The molecule has 1 aliphatic heterocycles. The summed E-state index contributed by atoms with van der Waals surface area (Å²) in [5.74, 6) is 1.13. The maximum Gasteiger partial charge on any atom is 0.162 e. The molecule has 1 aliphatic rings. The van der Waals surface area contributed by atoms with E-state index in [0.29, 0.717) is 23.7 Å². The number of fused-ring (bicyclic) bond motifs is 1. The second-order valence-electron chi connectivity index (χ2n) is 3.06. The van der Waals surface area contributed by atoms with Crippen LogP contribution in [-0.2, 0) is 0 Å². The van der Waals surface area contributed by atoms with Gasteiger partial charge < -0.3 is 14.6 Å². The molecule has 0 bridgehead atoms. The molecule has 74 valence electrons. The Bertz CT molecular complexity index is 348. The van der Waals surface area contributed by atoms with Gasteiger partial charge in [0, 0.05) is 5.56 Å². The van der Waals surface area contributed by atoms with Gasteiger partial charge in [0.2, 0.25) is 0 Å². The van der Waals surface area contributed by atoms with Crippen molar-refractivity contribution < 1.29 is 19.4 Å². The van der Waals surface area contributed by atoms with Gasteiger partial charge in [-0.05, 0) is 18.2 Å². The molecule has 1 heterocycles. The summed E-state index contributed by atoms with van der Waals surface area (Å²) in [6.45, 7) is 0.237. The van der Waals surface area contributed by atoms with Crippen molar-refractivity contribution in [3.05, 3.63) is 23.8 Å². The molecule has 1 aromatic carbocycles. The zero-order valence-corrected chi connectivity index (χ0v) is 7.47. The molecule has 0 amide bonds. The van der Waals surface area contributed by atoms with E-state index < -0.39 is 0 Å². The van der Waals surface area contributed by atoms with Gasteiger partial charge in [0.1, 0.15) is 12.9 Å². The lowest BCUT2D eigenvalue weighted by Gasteiger charge is -2.25. The molecule has 0 aromatic heterocycles. The monoisotopic (exact) mass is 194 g/mol. The van der Waals surface area contributed by atoms with E-state index in [1.165, 1.54) is 0 Å². The SMILES string of the molecule is O=Cc1ccc2c(c1)OC[C@H](CO)O2. The summed E-state index contributed by atoms with van der Waals surface area (Å²) < 4.78 is 10.7. The molecular formula is C10H10O4. The Hall–Kier alpha value is -1.55. The number of rotatable bonds is 2. The third-order valence-corrected chi connectivity index (χ3v) is 2.03. The molecular weight excluding hydrogens is 184 g/mol. The molecule has 0 spiro atoms. The number of carbonyl (C=O) groups excluding carboxylic acids is 1. The summed E-state index contributed by atoms with van der Waals surface area (Å²) in [5, 5.41) is 8.86. The molecule has 2 rings (SSSR count). The highest BCUT2D eigenvalue weighted by atomic mass is 16.6. The lowest BCUT2D eigenvalue weighted by atomic mass is 10.2. The molecule has 0 radical (unpaired) electrons. The second kappa shape index (κ2) is 3.67. The van der Waals surface area contributed by atoms with Crippen LogP contribution >= 0.6 is 0 Å². The van der Waals surface area contributed by atoms with E-state index in [-0.39, 0.29) is 12.7 Å². The van der Waals surface area contributed by atoms with Crippen molar-refractivity contribution in [2.24, 2.45) is 0 Å². The van der Waals surface area contributed by atoms with Gasteiger partial charge in [0.25, 0.3) is 0 Å². The summed E-state index contributed by atoms with van der Waals surface area (Å²) >= 11 is 0. The molecule has 1 aromatic rings. The lowest BCUT2D eigenvalue weighted by molar-refractivity contribution is 0.0456. The number of aliphatic hydroxyl groups excluding tert-OH is 1. The van der Waals surface area contributed by atoms with E-state index in [1.807, 2.05) is 0 Å². The molecule has 0 fully saturated rings. The van der Waals surface area contributed by atoms with Crippen LogP contribution in [0, 0.1) is 0 Å². The maximum absolute atomic E-state index is 10.5. The van der Waals surface area contributed by atoms with Gasteiger partial charge in [0.15, 0.2) is 17.6 Å². The summed E-state index contributed by atoms with van der Waals surface area (Å²) in [6, 6.07) is 4.94. The number of benzene rings is 1. The van der Waals surface area contributed by atoms with Crippen molar-refractivity contribution in [2.75, 3.05) is 13.2 Å². The summed E-state index contributed by atoms with van der Waals surface area (Å²) in [6.07, 6.45) is 0.437. The minimum absolute atomic E-state index is 0.0745. The Labute approximate surface area is 81.1 Å². The van der Waals surface area contributed by atoms with E-state index >= 15 is 0 Å². The van der Waals surface area contributed by atoms with E-state index in [0.717, 1.165) is 6.29 Å². The highest BCUT2D eigenvalue weighted by Gasteiger charge is 2.20. The first kappa shape index (κ1) is 9.02. The Morgan fingerprint density at radius 1 is 1.50 bits per heavy atom. The maximum atomic E-state index is 10.5. The zero-order chi connectivity index (χ0) is 9.97. The number of hydrogen-bond acceptors (Lipinski definition) is 4. The van der Waals surface area contributed by atoms with Gasteiger partial charge >= 0.3 is 0 Å². The molecule has 0 unspecified atom stereocenters. The molecule has 0 saturated heterocycles. The normalized spacial score (nSPS) is 19.1. The fourth-order valence-electron chi connectivity index (χ4n) is 1.29. The Morgan fingerprint density at radius 2 is 2.36 bits per heavy atom. The Balaban J connectivity index is 2.27. The minimum atomic E-state index is -0.315. The van der Waals surface area contributed by atoms with E-state index in [9.17, 15) is 4.79 Å². The largest absolute Gasteiger partial charge is 0.486 e. The molecule has 1 atom stereocenters. The fourth-order valence-corrected chi connectivity index (χ4v) is 1.29. The highest BCUT2D eigenvalue weighted by Crippen LogP contribution is 2.31. The van der Waals surface area contributed by atoms with Crippen molar-refractivity contribution in [3.63, 3.8) is 0 Å². The van der Waals surface area contributed by atoms with Gasteiger partial charge in [0.05, 0.1) is 6.61 Å². The predicted molar refractivity (Wildman–Crippen MR) is 48.8 cm³/mol. The third kappa shape index (κ3) is 1.56. The predicted octanol–water partition coefficient (Wildman–Crippen LogP) is 0.631. The van der Waals surface area contributed by atoms with Crippen LogP contribution in [0.5, 0.6) is 11.5 Å². The Morgan fingerprint density at radius 3 is 3.07 bits per heavy atom. The van der Waals surface area contributed by atoms with Gasteiger partial charge in [-0.3, -0.25) is 4.79 Å². The van der Waals surface area contributed by atoms with Crippen molar-refractivity contribution in [3.8, 4) is 11.5 Å². The van der Waals surface area contributed by atoms with Crippen LogP contribution in [-0.4, -0.2) is 30.7 Å². The quantitative estimate of drug-likeness (QED) is 0.701. The Kier molecular flexibility index (Phi) is 2.37. The number of carbonyl (C=O) groups is 1. The lowest BCUT2D eigenvalue weighted by Crippen LogP contribution is -2.32. The van der Waals surface area contributed by atoms with E-state index in [4.69, 9.17) is 14.6 Å². The van der Waals surface area contributed by atoms with Crippen LogP contribution in [0.25, 0.3) is 0 Å². The van der Waals surface area contributed by atoms with Crippen LogP contribution in [0.2, 0.25) is 0 Å². The molecule has 0 saturated carbocycles. The van der Waals surface area contributed by atoms with Crippen LogP contribution in [0.3, 0.4) is 0 Å². The van der Waals surface area contributed by atoms with Crippen molar-refractivity contribution in [1.29, 1.82) is 0 Å². The molecule has 14 heavy (non-hydrogen) atoms. The van der Waals surface area contributed by atoms with Crippen molar-refractivity contribution >= 4 is 6.29 Å². The van der Waals surface area contributed by atoms with Crippen LogP contribution < -0.4 is 9.47 Å². The first-order valence-electron chi connectivity index (χ1n) is 4.33. The standard InChI is InChI=1S/C10H10O4/c11-4-7-1-2-9-10(3-7)13-6-8(5-12)14-9/h1-4,8,12H,5-6H2/t8-/m0/s1. The van der Waals surface area contributed by atoms with Crippen LogP contribution in [0.4, 0.5) is 0 Å². The van der Waals surface area contributed by atoms with Gasteiger partial charge in [-0.15, -0.1) is 0 Å². The van der Waals surface area contributed by atoms with E-state index in [2.05, 4.69) is 0 Å². The molecule has 0 aliphatic carbocycles. The minimum Gasteiger partial charge on any atom is -0.486 e. The van der Waals surface area contributed by atoms with E-state index in [1.54, 1.807) is 18.2 Å². The van der Waals surface area contributed by atoms with Crippen LogP contribution in [0.15, 0.2) is 18.2 Å². The number of aliphatic hydroxyl groups is 1. The first-order valence-corrected chi connectivity index (χ1v) is 4.33. The number of aldehydes is 1. The first-order chi connectivity index (χ1) is 6.83. The van der Waals surface area contributed by atoms with Crippen molar-refractivity contribution in [2.45, 2.75) is 6.10 Å². The average molecular weight is 194 g/mol. The number of ether oxygens (including phenoxy) is 2. The zero-order valence-electron chi connectivity index (χ0n) is 7.47. The van der Waals surface area contributed by atoms with Gasteiger partial charge in [-0.25, -0.2) is 0 Å². The van der Waals surface area contributed by atoms with Gasteiger partial charge in [-0.2, -0.15) is 0 Å². The van der Waals surface area contributed by atoms with Crippen LogP contribution in [0.1, 0.15) is 10.4 Å². The van der Waals surface area contributed by atoms with Gasteiger partial charge in [-0.1, -0.05) is 0 Å². The molecule has 1 N–H and O–H groups in total. The summed E-state index contributed by atoms with van der Waals surface area (Å²) in [5.41, 5.74) is 0.551. The fraction of sp³-hybridized carbons (Fsp3) is 0.300. The average Bonchev–Trinajstić information content (AvgIpc) is 2.27. The molecule has 4 heteroatoms. The van der Waals surface area contributed by atoms with Crippen molar-refractivity contribution in [1.82, 2.24) is 0 Å².